The fraction of sp³-hybridized carbons (Fsp3) is 0.462. The minimum atomic E-state index is -0.00259. The predicted molar refractivity (Wildman–Crippen MR) is 73.7 cm³/mol. The second-order valence-corrected chi connectivity index (χ2v) is 4.55. The van der Waals surface area contributed by atoms with Gasteiger partial charge in [-0.15, -0.1) is 0 Å². The van der Waals surface area contributed by atoms with Gasteiger partial charge in [0.15, 0.2) is 0 Å². The quantitative estimate of drug-likeness (QED) is 0.515. The molecular weight excluding hydrogens is 244 g/mol. The number of para-hydroxylation sites is 1. The molecular formula is C13H20N4O2. The van der Waals surface area contributed by atoms with Crippen molar-refractivity contribution in [1.82, 2.24) is 9.80 Å². The van der Waals surface area contributed by atoms with Crippen LogP contribution >= 0.6 is 0 Å². The summed E-state index contributed by atoms with van der Waals surface area (Å²) in [5.74, 6) is 5.42. The Morgan fingerprint density at radius 3 is 2.58 bits per heavy atom. The minimum absolute atomic E-state index is 0.00259. The number of piperazine rings is 1. The van der Waals surface area contributed by atoms with E-state index in [0.717, 1.165) is 13.1 Å². The van der Waals surface area contributed by atoms with Crippen LogP contribution in [-0.4, -0.2) is 60.1 Å². The highest BCUT2D eigenvalue weighted by Crippen LogP contribution is 2.17. The van der Waals surface area contributed by atoms with E-state index in [1.165, 1.54) is 0 Å². The molecule has 1 saturated heterocycles. The first-order chi connectivity index (χ1) is 9.26. The number of hydrogen-bond donors (Lipinski definition) is 3. The van der Waals surface area contributed by atoms with Crippen molar-refractivity contribution in [1.29, 1.82) is 0 Å². The molecule has 0 aliphatic carbocycles. The topological polar surface area (TPSA) is 81.8 Å². The molecule has 4 N–H and O–H groups in total. The SMILES string of the molecule is NNc1ccccc1C(=O)N1CCN(CCO)CC1. The molecule has 0 atom stereocenters. The lowest BCUT2D eigenvalue weighted by Crippen LogP contribution is -2.49. The Balaban J connectivity index is 2.01. The molecule has 1 fully saturated rings. The van der Waals surface area contributed by atoms with E-state index in [9.17, 15) is 4.79 Å². The van der Waals surface area contributed by atoms with E-state index in [-0.39, 0.29) is 12.5 Å². The maximum absolute atomic E-state index is 12.4. The van der Waals surface area contributed by atoms with Gasteiger partial charge in [0.2, 0.25) is 0 Å². The average molecular weight is 264 g/mol. The Labute approximate surface area is 112 Å². The number of nitrogen functional groups attached to an aromatic ring is 1. The van der Waals surface area contributed by atoms with Crippen LogP contribution in [0.3, 0.4) is 0 Å². The predicted octanol–water partition coefficient (Wildman–Crippen LogP) is -0.278. The van der Waals surface area contributed by atoms with Gasteiger partial charge in [-0.05, 0) is 12.1 Å². The molecule has 1 aromatic carbocycles. The zero-order chi connectivity index (χ0) is 13.7. The van der Waals surface area contributed by atoms with Gasteiger partial charge in [0.05, 0.1) is 17.9 Å². The van der Waals surface area contributed by atoms with Crippen LogP contribution in [0.15, 0.2) is 24.3 Å². The number of carbonyl (C=O) groups excluding carboxylic acids is 1. The molecule has 104 valence electrons. The number of nitrogens with two attached hydrogens (primary N) is 1. The van der Waals surface area contributed by atoms with Crippen LogP contribution in [0.4, 0.5) is 5.69 Å². The lowest BCUT2D eigenvalue weighted by molar-refractivity contribution is 0.0616. The standard InChI is InChI=1S/C13H20N4O2/c14-15-12-4-2-1-3-11(12)13(19)17-7-5-16(6-8-17)9-10-18/h1-4,15,18H,5-10,14H2. The fourth-order valence-corrected chi connectivity index (χ4v) is 2.28. The molecule has 1 aromatic rings. The largest absolute Gasteiger partial charge is 0.395 e. The molecule has 2 rings (SSSR count). The van der Waals surface area contributed by atoms with E-state index in [4.69, 9.17) is 10.9 Å². The van der Waals surface area contributed by atoms with Gasteiger partial charge < -0.3 is 15.4 Å². The van der Waals surface area contributed by atoms with Gasteiger partial charge in [-0.3, -0.25) is 15.5 Å². The highest BCUT2D eigenvalue weighted by molar-refractivity contribution is 5.99. The molecule has 0 spiro atoms. The molecule has 1 amide bonds. The average Bonchev–Trinajstić information content (AvgIpc) is 2.47. The van der Waals surface area contributed by atoms with E-state index in [1.807, 2.05) is 17.0 Å². The number of aliphatic hydroxyl groups is 1. The molecule has 0 unspecified atom stereocenters. The first kappa shape index (κ1) is 13.8. The van der Waals surface area contributed by atoms with Crippen LogP contribution in [0.2, 0.25) is 0 Å². The number of nitrogens with zero attached hydrogens (tertiary/aromatic N) is 2. The smallest absolute Gasteiger partial charge is 0.256 e. The highest BCUT2D eigenvalue weighted by atomic mass is 16.3. The number of β-amino-alcohol motifs (C(OH)–C–C–N with tert-alkyl or cyclic N) is 1. The van der Waals surface area contributed by atoms with E-state index < -0.39 is 0 Å². The summed E-state index contributed by atoms with van der Waals surface area (Å²) in [4.78, 5) is 16.4. The third-order valence-electron chi connectivity index (χ3n) is 3.39. The van der Waals surface area contributed by atoms with Crippen molar-refractivity contribution in [3.63, 3.8) is 0 Å². The molecule has 6 nitrogen and oxygen atoms in total. The van der Waals surface area contributed by atoms with Crippen LogP contribution < -0.4 is 11.3 Å². The molecule has 1 aliphatic heterocycles. The number of anilines is 1. The molecule has 19 heavy (non-hydrogen) atoms. The number of rotatable bonds is 4. The van der Waals surface area contributed by atoms with Gasteiger partial charge in [0.25, 0.3) is 5.91 Å². The van der Waals surface area contributed by atoms with Crippen molar-refractivity contribution >= 4 is 11.6 Å². The van der Waals surface area contributed by atoms with Crippen LogP contribution in [0.5, 0.6) is 0 Å². The maximum Gasteiger partial charge on any atom is 0.256 e. The van der Waals surface area contributed by atoms with Gasteiger partial charge in [-0.25, -0.2) is 0 Å². The van der Waals surface area contributed by atoms with E-state index in [0.29, 0.717) is 30.9 Å². The third-order valence-corrected chi connectivity index (χ3v) is 3.39. The Hall–Kier alpha value is -1.63. The first-order valence-corrected chi connectivity index (χ1v) is 6.44. The number of hydrazine groups is 1. The lowest BCUT2D eigenvalue weighted by Gasteiger charge is -2.34. The number of carbonyl (C=O) groups is 1. The Morgan fingerprint density at radius 2 is 1.95 bits per heavy atom. The molecule has 0 bridgehead atoms. The first-order valence-electron chi connectivity index (χ1n) is 6.44. The molecule has 6 heteroatoms. The van der Waals surface area contributed by atoms with Gasteiger partial charge in [0.1, 0.15) is 0 Å². The monoisotopic (exact) mass is 264 g/mol. The van der Waals surface area contributed by atoms with Gasteiger partial charge in [0, 0.05) is 32.7 Å². The number of hydrogen-bond acceptors (Lipinski definition) is 5. The van der Waals surface area contributed by atoms with Crippen molar-refractivity contribution in [3.05, 3.63) is 29.8 Å². The lowest BCUT2D eigenvalue weighted by atomic mass is 10.1. The minimum Gasteiger partial charge on any atom is -0.395 e. The van der Waals surface area contributed by atoms with Crippen molar-refractivity contribution in [3.8, 4) is 0 Å². The highest BCUT2D eigenvalue weighted by Gasteiger charge is 2.23. The van der Waals surface area contributed by atoms with Crippen molar-refractivity contribution in [2.45, 2.75) is 0 Å². The zero-order valence-electron chi connectivity index (χ0n) is 10.9. The molecule has 1 aliphatic rings. The Kier molecular flexibility index (Phi) is 4.73. The summed E-state index contributed by atoms with van der Waals surface area (Å²) in [5, 5.41) is 8.90. The summed E-state index contributed by atoms with van der Waals surface area (Å²) in [6.07, 6.45) is 0. The maximum atomic E-state index is 12.4. The van der Waals surface area contributed by atoms with Crippen molar-refractivity contribution < 1.29 is 9.90 Å². The Morgan fingerprint density at radius 1 is 1.26 bits per heavy atom. The molecule has 0 radical (unpaired) electrons. The van der Waals surface area contributed by atoms with Crippen LogP contribution in [0.1, 0.15) is 10.4 Å². The number of nitrogens with one attached hydrogen (secondary N) is 1. The molecule has 0 saturated carbocycles. The normalized spacial score (nSPS) is 16.4. The van der Waals surface area contributed by atoms with E-state index in [2.05, 4.69) is 10.3 Å². The van der Waals surface area contributed by atoms with Crippen LogP contribution in [0.25, 0.3) is 0 Å². The fourth-order valence-electron chi connectivity index (χ4n) is 2.28. The molecule has 1 heterocycles. The van der Waals surface area contributed by atoms with Crippen LogP contribution in [-0.2, 0) is 0 Å². The second kappa shape index (κ2) is 6.51. The van der Waals surface area contributed by atoms with E-state index in [1.54, 1.807) is 12.1 Å². The third kappa shape index (κ3) is 3.23. The summed E-state index contributed by atoms with van der Waals surface area (Å²) in [6, 6.07) is 7.23. The Bertz CT molecular complexity index is 430. The summed E-state index contributed by atoms with van der Waals surface area (Å²) in [5.41, 5.74) is 3.80. The van der Waals surface area contributed by atoms with Crippen LogP contribution in [0, 0.1) is 0 Å². The van der Waals surface area contributed by atoms with Gasteiger partial charge in [-0.1, -0.05) is 12.1 Å². The zero-order valence-corrected chi connectivity index (χ0v) is 10.9. The number of aliphatic hydroxyl groups excluding tert-OH is 1. The number of benzene rings is 1. The summed E-state index contributed by atoms with van der Waals surface area (Å²) in [6.45, 7) is 3.78. The molecule has 0 aromatic heterocycles. The number of amides is 1. The van der Waals surface area contributed by atoms with Crippen molar-refractivity contribution in [2.24, 2.45) is 5.84 Å². The summed E-state index contributed by atoms with van der Waals surface area (Å²) in [7, 11) is 0. The summed E-state index contributed by atoms with van der Waals surface area (Å²) >= 11 is 0. The summed E-state index contributed by atoms with van der Waals surface area (Å²) < 4.78 is 0. The van der Waals surface area contributed by atoms with Gasteiger partial charge in [-0.2, -0.15) is 0 Å². The van der Waals surface area contributed by atoms with Gasteiger partial charge >= 0.3 is 0 Å². The van der Waals surface area contributed by atoms with Crippen molar-refractivity contribution in [2.75, 3.05) is 44.8 Å². The van der Waals surface area contributed by atoms with E-state index >= 15 is 0 Å². The second-order valence-electron chi connectivity index (χ2n) is 4.55.